The smallest absolute Gasteiger partial charge is 0.153 e. The predicted octanol–water partition coefficient (Wildman–Crippen LogP) is 1.91. The van der Waals surface area contributed by atoms with Gasteiger partial charge in [-0.05, 0) is 32.7 Å². The molecule has 0 N–H and O–H groups in total. The van der Waals surface area contributed by atoms with Crippen LogP contribution in [0.15, 0.2) is 0 Å². The van der Waals surface area contributed by atoms with E-state index in [2.05, 4.69) is 27.8 Å². The van der Waals surface area contributed by atoms with E-state index in [0.29, 0.717) is 23.0 Å². The van der Waals surface area contributed by atoms with E-state index in [4.69, 9.17) is 0 Å². The molecular weight excluding hydrogens is 290 g/mol. The molecule has 3 nitrogen and oxygen atoms in total. The Balaban J connectivity index is 2.40. The van der Waals surface area contributed by atoms with Crippen LogP contribution in [0.25, 0.3) is 0 Å². The topological polar surface area (TPSA) is 37.4 Å². The van der Waals surface area contributed by atoms with E-state index in [0.717, 1.165) is 19.5 Å². The molecule has 0 aromatic heterocycles. The number of rotatable bonds is 4. The van der Waals surface area contributed by atoms with Crippen LogP contribution in [0.4, 0.5) is 0 Å². The fourth-order valence-electron chi connectivity index (χ4n) is 1.78. The highest BCUT2D eigenvalue weighted by atomic mass is 79.9. The monoisotopic (exact) mass is 311 g/mol. The van der Waals surface area contributed by atoms with Crippen LogP contribution in [0.5, 0.6) is 0 Å². The van der Waals surface area contributed by atoms with Crippen LogP contribution in [0.1, 0.15) is 27.2 Å². The zero-order valence-electron chi connectivity index (χ0n) is 10.3. The van der Waals surface area contributed by atoms with E-state index in [-0.39, 0.29) is 5.25 Å². The van der Waals surface area contributed by atoms with Crippen LogP contribution in [-0.2, 0) is 9.84 Å². The normalized spacial score (nSPS) is 28.6. The van der Waals surface area contributed by atoms with Gasteiger partial charge in [-0.1, -0.05) is 22.9 Å². The van der Waals surface area contributed by atoms with Gasteiger partial charge in [0.2, 0.25) is 0 Å². The number of piperidine rings is 1. The second-order valence-electron chi connectivity index (χ2n) is 5.00. The molecule has 16 heavy (non-hydrogen) atoms. The van der Waals surface area contributed by atoms with Crippen molar-refractivity contribution in [3.05, 3.63) is 0 Å². The van der Waals surface area contributed by atoms with Crippen molar-refractivity contribution in [2.45, 2.75) is 37.3 Å². The van der Waals surface area contributed by atoms with Gasteiger partial charge in [-0.2, -0.15) is 0 Å². The quantitative estimate of drug-likeness (QED) is 0.744. The maximum absolute atomic E-state index is 11.7. The van der Waals surface area contributed by atoms with Gasteiger partial charge >= 0.3 is 0 Å². The number of hydrogen-bond acceptors (Lipinski definition) is 3. The lowest BCUT2D eigenvalue weighted by molar-refractivity contribution is 0.211. The van der Waals surface area contributed by atoms with Crippen molar-refractivity contribution in [3.63, 3.8) is 0 Å². The molecule has 0 amide bonds. The van der Waals surface area contributed by atoms with Gasteiger partial charge in [0.15, 0.2) is 9.84 Å². The maximum atomic E-state index is 11.7. The first-order valence-electron chi connectivity index (χ1n) is 5.91. The summed E-state index contributed by atoms with van der Waals surface area (Å²) in [6.45, 7) is 8.41. The van der Waals surface area contributed by atoms with Gasteiger partial charge in [0.05, 0.1) is 11.0 Å². The highest BCUT2D eigenvalue weighted by Gasteiger charge is 2.25. The second kappa shape index (κ2) is 5.83. The van der Waals surface area contributed by atoms with Crippen LogP contribution in [-0.4, -0.2) is 48.8 Å². The van der Waals surface area contributed by atoms with Crippen molar-refractivity contribution >= 4 is 25.8 Å². The van der Waals surface area contributed by atoms with E-state index >= 15 is 0 Å². The van der Waals surface area contributed by atoms with Crippen molar-refractivity contribution in [1.29, 1.82) is 0 Å². The van der Waals surface area contributed by atoms with Crippen LogP contribution in [0, 0.1) is 5.92 Å². The molecule has 1 aliphatic rings. The second-order valence-corrected chi connectivity index (χ2v) is 8.85. The third-order valence-electron chi connectivity index (χ3n) is 3.36. The van der Waals surface area contributed by atoms with E-state index in [9.17, 15) is 8.42 Å². The van der Waals surface area contributed by atoms with E-state index in [1.54, 1.807) is 13.8 Å². The summed E-state index contributed by atoms with van der Waals surface area (Å²) in [6, 6.07) is 0. The van der Waals surface area contributed by atoms with Gasteiger partial charge in [0.25, 0.3) is 0 Å². The van der Waals surface area contributed by atoms with Crippen molar-refractivity contribution in [2.24, 2.45) is 5.92 Å². The first-order chi connectivity index (χ1) is 7.33. The van der Waals surface area contributed by atoms with Gasteiger partial charge in [0, 0.05) is 17.9 Å². The Morgan fingerprint density at radius 2 is 2.06 bits per heavy atom. The molecule has 0 aromatic rings. The molecule has 0 bridgehead atoms. The van der Waals surface area contributed by atoms with E-state index in [1.807, 2.05) is 0 Å². The molecule has 0 radical (unpaired) electrons. The number of nitrogens with zero attached hydrogens (tertiary/aromatic N) is 1. The molecule has 0 saturated carbocycles. The van der Waals surface area contributed by atoms with Gasteiger partial charge in [-0.25, -0.2) is 8.42 Å². The zero-order valence-corrected chi connectivity index (χ0v) is 12.7. The minimum atomic E-state index is -2.89. The Bertz CT molecular complexity index is 316. The first-order valence-corrected chi connectivity index (χ1v) is 8.54. The van der Waals surface area contributed by atoms with Crippen LogP contribution >= 0.6 is 15.9 Å². The molecule has 1 fully saturated rings. The number of likely N-dealkylation sites (tertiary alicyclic amines) is 1. The number of sulfone groups is 1. The fraction of sp³-hybridized carbons (Fsp3) is 1.00. The summed E-state index contributed by atoms with van der Waals surface area (Å²) in [7, 11) is -2.89. The molecule has 0 aromatic carbocycles. The summed E-state index contributed by atoms with van der Waals surface area (Å²) in [6.07, 6.45) is 1.15. The Hall–Kier alpha value is 0.390. The minimum absolute atomic E-state index is 0.254. The average molecular weight is 312 g/mol. The summed E-state index contributed by atoms with van der Waals surface area (Å²) < 4.78 is 23.4. The maximum Gasteiger partial charge on any atom is 0.153 e. The molecule has 1 heterocycles. The Kier molecular flexibility index (Phi) is 5.26. The Morgan fingerprint density at radius 3 is 2.56 bits per heavy atom. The SMILES string of the molecule is CC1CCN(CCS(=O)(=O)C(C)C)CC1Br. The third-order valence-corrected chi connectivity index (χ3v) is 6.74. The van der Waals surface area contributed by atoms with Gasteiger partial charge in [-0.15, -0.1) is 0 Å². The Morgan fingerprint density at radius 1 is 1.44 bits per heavy atom. The zero-order chi connectivity index (χ0) is 12.3. The van der Waals surface area contributed by atoms with Crippen molar-refractivity contribution < 1.29 is 8.42 Å². The average Bonchev–Trinajstić information content (AvgIpc) is 2.20. The molecular formula is C11H22BrNO2S. The third kappa shape index (κ3) is 4.00. The lowest BCUT2D eigenvalue weighted by Gasteiger charge is -2.34. The minimum Gasteiger partial charge on any atom is -0.301 e. The van der Waals surface area contributed by atoms with Crippen molar-refractivity contribution in [3.8, 4) is 0 Å². The van der Waals surface area contributed by atoms with Crippen LogP contribution < -0.4 is 0 Å². The van der Waals surface area contributed by atoms with Gasteiger partial charge < -0.3 is 4.90 Å². The molecule has 0 aliphatic carbocycles. The first kappa shape index (κ1) is 14.5. The molecule has 1 saturated heterocycles. The van der Waals surface area contributed by atoms with Crippen molar-refractivity contribution in [2.75, 3.05) is 25.4 Å². The van der Waals surface area contributed by atoms with E-state index in [1.165, 1.54) is 0 Å². The molecule has 2 unspecified atom stereocenters. The standard InChI is InChI=1S/C11H22BrNO2S/c1-9(2)16(14,15)7-6-13-5-4-10(3)11(12)8-13/h9-11H,4-8H2,1-3H3. The molecule has 1 rings (SSSR count). The number of halogens is 1. The number of hydrogen-bond donors (Lipinski definition) is 0. The van der Waals surface area contributed by atoms with Crippen LogP contribution in [0.2, 0.25) is 0 Å². The summed E-state index contributed by atoms with van der Waals surface area (Å²) in [5.74, 6) is 0.983. The summed E-state index contributed by atoms with van der Waals surface area (Å²) >= 11 is 3.65. The number of alkyl halides is 1. The molecule has 2 atom stereocenters. The molecule has 1 aliphatic heterocycles. The van der Waals surface area contributed by atoms with Crippen molar-refractivity contribution in [1.82, 2.24) is 4.90 Å². The van der Waals surface area contributed by atoms with E-state index < -0.39 is 9.84 Å². The molecule has 0 spiro atoms. The fourth-order valence-corrected chi connectivity index (χ4v) is 3.44. The Labute approximate surface area is 108 Å². The molecule has 96 valence electrons. The summed E-state index contributed by atoms with van der Waals surface area (Å²) in [5, 5.41) is -0.254. The predicted molar refractivity (Wildman–Crippen MR) is 71.9 cm³/mol. The highest BCUT2D eigenvalue weighted by Crippen LogP contribution is 2.23. The van der Waals surface area contributed by atoms with Crippen LogP contribution in [0.3, 0.4) is 0 Å². The largest absolute Gasteiger partial charge is 0.301 e. The van der Waals surface area contributed by atoms with Gasteiger partial charge in [0.1, 0.15) is 0 Å². The lowest BCUT2D eigenvalue weighted by Crippen LogP contribution is -2.42. The summed E-state index contributed by atoms with van der Waals surface area (Å²) in [5.41, 5.74) is 0. The lowest BCUT2D eigenvalue weighted by atomic mass is 9.99. The molecule has 5 heteroatoms. The highest BCUT2D eigenvalue weighted by molar-refractivity contribution is 9.09. The summed E-state index contributed by atoms with van der Waals surface area (Å²) in [4.78, 5) is 2.75. The van der Waals surface area contributed by atoms with Gasteiger partial charge in [-0.3, -0.25) is 0 Å².